The highest BCUT2D eigenvalue weighted by molar-refractivity contribution is 5.15. The summed E-state index contributed by atoms with van der Waals surface area (Å²) in [6.45, 7) is 14.1. The van der Waals surface area contributed by atoms with Crippen LogP contribution in [0, 0.1) is 18.8 Å². The Hall–Kier alpha value is -0.830. The van der Waals surface area contributed by atoms with Gasteiger partial charge in [-0.25, -0.2) is 0 Å². The van der Waals surface area contributed by atoms with Crippen LogP contribution in [-0.4, -0.2) is 16.3 Å². The van der Waals surface area contributed by atoms with Crippen LogP contribution < -0.4 is 5.32 Å². The van der Waals surface area contributed by atoms with Crippen molar-refractivity contribution in [2.45, 2.75) is 60.5 Å². The van der Waals surface area contributed by atoms with Crippen LogP contribution >= 0.6 is 0 Å². The third kappa shape index (κ3) is 4.81. The fourth-order valence-electron chi connectivity index (χ4n) is 2.13. The first kappa shape index (κ1) is 15.2. The predicted octanol–water partition coefficient (Wildman–Crippen LogP) is 3.37. The number of rotatable bonds is 8. The molecule has 3 heteroatoms. The molecule has 1 aromatic rings. The molecule has 0 saturated heterocycles. The van der Waals surface area contributed by atoms with E-state index >= 15 is 0 Å². The molecule has 1 heterocycles. The van der Waals surface area contributed by atoms with Crippen molar-refractivity contribution in [1.82, 2.24) is 15.1 Å². The molecule has 0 aliphatic rings. The van der Waals surface area contributed by atoms with Crippen molar-refractivity contribution < 1.29 is 0 Å². The molecule has 0 aromatic carbocycles. The molecule has 1 rings (SSSR count). The largest absolute Gasteiger partial charge is 0.312 e. The second kappa shape index (κ2) is 7.57. The average Bonchev–Trinajstić information content (AvgIpc) is 2.66. The number of aromatic nitrogens is 2. The lowest BCUT2D eigenvalue weighted by Gasteiger charge is -2.11. The second-order valence-corrected chi connectivity index (χ2v) is 5.67. The van der Waals surface area contributed by atoms with Crippen molar-refractivity contribution in [2.24, 2.45) is 11.8 Å². The smallest absolute Gasteiger partial charge is 0.0638 e. The lowest BCUT2D eigenvalue weighted by Crippen LogP contribution is -2.19. The van der Waals surface area contributed by atoms with Crippen LogP contribution in [0.5, 0.6) is 0 Å². The Morgan fingerprint density at radius 2 is 1.94 bits per heavy atom. The van der Waals surface area contributed by atoms with Gasteiger partial charge in [-0.2, -0.15) is 5.10 Å². The van der Waals surface area contributed by atoms with Gasteiger partial charge in [0, 0.05) is 24.8 Å². The van der Waals surface area contributed by atoms with Gasteiger partial charge in [-0.15, -0.1) is 0 Å². The van der Waals surface area contributed by atoms with E-state index in [9.17, 15) is 0 Å². The zero-order chi connectivity index (χ0) is 13.5. The van der Waals surface area contributed by atoms with Gasteiger partial charge in [-0.3, -0.25) is 4.68 Å². The Kier molecular flexibility index (Phi) is 6.41. The van der Waals surface area contributed by atoms with Gasteiger partial charge in [0.1, 0.15) is 0 Å². The number of aryl methyl sites for hydroxylation is 1. The Balaban J connectivity index is 2.52. The van der Waals surface area contributed by atoms with E-state index in [1.165, 1.54) is 18.4 Å². The van der Waals surface area contributed by atoms with Gasteiger partial charge < -0.3 is 5.32 Å². The number of hydrogen-bond donors (Lipinski definition) is 1. The molecular formula is C15H29N3. The first-order valence-electron chi connectivity index (χ1n) is 7.30. The summed E-state index contributed by atoms with van der Waals surface area (Å²) in [5.74, 6) is 1.45. The van der Waals surface area contributed by atoms with E-state index < -0.39 is 0 Å². The summed E-state index contributed by atoms with van der Waals surface area (Å²) in [6.07, 6.45) is 4.67. The van der Waals surface area contributed by atoms with E-state index in [1.54, 1.807) is 0 Å². The maximum atomic E-state index is 4.62. The molecule has 18 heavy (non-hydrogen) atoms. The predicted molar refractivity (Wildman–Crippen MR) is 77.6 cm³/mol. The minimum atomic E-state index is 0.699. The van der Waals surface area contributed by atoms with Crippen LogP contribution in [-0.2, 0) is 13.1 Å². The van der Waals surface area contributed by atoms with Crippen LogP contribution in [0.3, 0.4) is 0 Å². The monoisotopic (exact) mass is 251 g/mol. The highest BCUT2D eigenvalue weighted by atomic mass is 15.3. The maximum Gasteiger partial charge on any atom is 0.0638 e. The molecule has 3 nitrogen and oxygen atoms in total. The van der Waals surface area contributed by atoms with Crippen molar-refractivity contribution in [3.63, 3.8) is 0 Å². The van der Waals surface area contributed by atoms with Crippen molar-refractivity contribution >= 4 is 0 Å². The standard InChI is InChI=1S/C15H29N3/c1-6-14(7-2)10-18-11-15(13(5)17-18)9-16-8-12(3)4/h11-12,14,16H,6-10H2,1-5H3. The molecule has 0 fully saturated rings. The van der Waals surface area contributed by atoms with E-state index in [1.807, 2.05) is 0 Å². The van der Waals surface area contributed by atoms with Crippen LogP contribution in [0.4, 0.5) is 0 Å². The summed E-state index contributed by atoms with van der Waals surface area (Å²) in [4.78, 5) is 0. The summed E-state index contributed by atoms with van der Waals surface area (Å²) in [6, 6.07) is 0. The molecule has 0 bridgehead atoms. The van der Waals surface area contributed by atoms with Gasteiger partial charge in [-0.05, 0) is 25.3 Å². The SMILES string of the molecule is CCC(CC)Cn1cc(CNCC(C)C)c(C)n1. The van der Waals surface area contributed by atoms with Gasteiger partial charge >= 0.3 is 0 Å². The highest BCUT2D eigenvalue weighted by Crippen LogP contribution is 2.12. The van der Waals surface area contributed by atoms with Crippen LogP contribution in [0.2, 0.25) is 0 Å². The first-order chi connectivity index (χ1) is 8.56. The van der Waals surface area contributed by atoms with E-state index in [2.05, 4.69) is 55.9 Å². The Morgan fingerprint density at radius 3 is 2.50 bits per heavy atom. The number of nitrogens with zero attached hydrogens (tertiary/aromatic N) is 2. The van der Waals surface area contributed by atoms with Gasteiger partial charge in [0.25, 0.3) is 0 Å². The highest BCUT2D eigenvalue weighted by Gasteiger charge is 2.09. The molecular weight excluding hydrogens is 222 g/mol. The molecule has 0 amide bonds. The van der Waals surface area contributed by atoms with Gasteiger partial charge in [0.05, 0.1) is 5.69 Å². The molecule has 0 radical (unpaired) electrons. The summed E-state index contributed by atoms with van der Waals surface area (Å²) >= 11 is 0. The molecule has 1 N–H and O–H groups in total. The fourth-order valence-corrected chi connectivity index (χ4v) is 2.13. The van der Waals surface area contributed by atoms with E-state index in [0.717, 1.165) is 31.2 Å². The van der Waals surface area contributed by atoms with Crippen LogP contribution in [0.25, 0.3) is 0 Å². The summed E-state index contributed by atoms with van der Waals surface area (Å²) < 4.78 is 2.12. The third-order valence-corrected chi connectivity index (χ3v) is 3.52. The molecule has 104 valence electrons. The zero-order valence-corrected chi connectivity index (χ0v) is 12.7. The molecule has 0 aliphatic carbocycles. The lowest BCUT2D eigenvalue weighted by molar-refractivity contribution is 0.395. The van der Waals surface area contributed by atoms with E-state index in [-0.39, 0.29) is 0 Å². The molecule has 0 aliphatic heterocycles. The number of hydrogen-bond acceptors (Lipinski definition) is 2. The van der Waals surface area contributed by atoms with E-state index in [0.29, 0.717) is 5.92 Å². The minimum Gasteiger partial charge on any atom is -0.312 e. The van der Waals surface area contributed by atoms with Crippen molar-refractivity contribution in [3.05, 3.63) is 17.5 Å². The van der Waals surface area contributed by atoms with Crippen molar-refractivity contribution in [2.75, 3.05) is 6.54 Å². The summed E-state index contributed by atoms with van der Waals surface area (Å²) in [5.41, 5.74) is 2.50. The summed E-state index contributed by atoms with van der Waals surface area (Å²) in [7, 11) is 0. The maximum absolute atomic E-state index is 4.62. The fraction of sp³-hybridized carbons (Fsp3) is 0.800. The van der Waals surface area contributed by atoms with Gasteiger partial charge in [0.2, 0.25) is 0 Å². The Morgan fingerprint density at radius 1 is 1.28 bits per heavy atom. The first-order valence-corrected chi connectivity index (χ1v) is 7.30. The quantitative estimate of drug-likeness (QED) is 0.767. The van der Waals surface area contributed by atoms with Gasteiger partial charge in [0.15, 0.2) is 0 Å². The third-order valence-electron chi connectivity index (χ3n) is 3.52. The van der Waals surface area contributed by atoms with Crippen LogP contribution in [0.15, 0.2) is 6.20 Å². The van der Waals surface area contributed by atoms with Gasteiger partial charge in [-0.1, -0.05) is 40.5 Å². The Bertz CT molecular complexity index is 338. The molecule has 0 atom stereocenters. The topological polar surface area (TPSA) is 29.9 Å². The zero-order valence-electron chi connectivity index (χ0n) is 12.7. The normalized spacial score (nSPS) is 11.7. The number of nitrogens with one attached hydrogen (secondary N) is 1. The second-order valence-electron chi connectivity index (χ2n) is 5.67. The van der Waals surface area contributed by atoms with Crippen molar-refractivity contribution in [1.29, 1.82) is 0 Å². The molecule has 0 unspecified atom stereocenters. The molecule has 0 saturated carbocycles. The minimum absolute atomic E-state index is 0.699. The molecule has 1 aromatic heterocycles. The van der Waals surface area contributed by atoms with E-state index in [4.69, 9.17) is 0 Å². The van der Waals surface area contributed by atoms with Crippen molar-refractivity contribution in [3.8, 4) is 0 Å². The Labute approximate surface area is 112 Å². The average molecular weight is 251 g/mol. The lowest BCUT2D eigenvalue weighted by atomic mass is 10.0. The summed E-state index contributed by atoms with van der Waals surface area (Å²) in [5, 5.41) is 8.10. The molecule has 0 spiro atoms. The van der Waals surface area contributed by atoms with Crippen LogP contribution in [0.1, 0.15) is 51.8 Å².